The highest BCUT2D eigenvalue weighted by atomic mass is 16.6. The summed E-state index contributed by atoms with van der Waals surface area (Å²) in [6, 6.07) is 12.8. The number of nitrogen functional groups attached to an aromatic ring is 1. The first-order chi connectivity index (χ1) is 10.1. The Balaban J connectivity index is 1.83. The average molecular weight is 283 g/mol. The maximum absolute atomic E-state index is 8.74. The maximum Gasteiger partial charge on any atom is 0.707 e. The molecule has 0 saturated heterocycles. The summed E-state index contributed by atoms with van der Waals surface area (Å²) < 4.78 is 6.77. The molecule has 1 heterocycles. The lowest BCUT2D eigenvalue weighted by Gasteiger charge is -2.07. The van der Waals surface area contributed by atoms with Crippen LogP contribution in [-0.4, -0.2) is 26.9 Å². The molecule has 21 heavy (non-hydrogen) atoms. The molecule has 0 bridgehead atoms. The van der Waals surface area contributed by atoms with E-state index in [2.05, 4.69) is 4.98 Å². The van der Waals surface area contributed by atoms with Gasteiger partial charge in [-0.05, 0) is 29.8 Å². The Morgan fingerprint density at radius 2 is 1.90 bits per heavy atom. The lowest BCUT2D eigenvalue weighted by Crippen LogP contribution is -2.20. The molecule has 6 nitrogen and oxygen atoms in total. The second kappa shape index (κ2) is 5.47. The first-order valence-corrected chi connectivity index (χ1v) is 6.44. The van der Waals surface area contributed by atoms with Crippen LogP contribution in [-0.2, 0) is 6.54 Å². The molecule has 0 saturated carbocycles. The topological polar surface area (TPSA) is 93.5 Å². The van der Waals surface area contributed by atoms with Gasteiger partial charge in [0.05, 0.1) is 17.5 Å². The standard InChI is InChI=1S/C14H14BN3O3/c16-12-2-1-3-13-14(12)17-9-18(13)8-10-4-6-11(7-5-10)21-15(19)20/h1-7,9,19-20H,8,16H2. The summed E-state index contributed by atoms with van der Waals surface area (Å²) in [5, 5.41) is 17.5. The van der Waals surface area contributed by atoms with Crippen molar-refractivity contribution in [1.82, 2.24) is 9.55 Å². The number of fused-ring (bicyclic) bond motifs is 1. The second-order valence-corrected chi connectivity index (χ2v) is 4.68. The third-order valence-electron chi connectivity index (χ3n) is 3.20. The van der Waals surface area contributed by atoms with Crippen molar-refractivity contribution in [3.05, 3.63) is 54.4 Å². The van der Waals surface area contributed by atoms with Crippen LogP contribution in [0.5, 0.6) is 5.75 Å². The van der Waals surface area contributed by atoms with Crippen molar-refractivity contribution in [2.24, 2.45) is 0 Å². The Hall–Kier alpha value is -2.51. The molecule has 0 spiro atoms. The summed E-state index contributed by atoms with van der Waals surface area (Å²) >= 11 is 0. The summed E-state index contributed by atoms with van der Waals surface area (Å²) in [5.41, 5.74) is 9.35. The zero-order valence-corrected chi connectivity index (χ0v) is 11.2. The van der Waals surface area contributed by atoms with E-state index >= 15 is 0 Å². The molecule has 0 unspecified atom stereocenters. The summed E-state index contributed by atoms with van der Waals surface area (Å²) in [6.07, 6.45) is 1.75. The highest BCUT2D eigenvalue weighted by Crippen LogP contribution is 2.20. The van der Waals surface area contributed by atoms with E-state index in [4.69, 9.17) is 20.4 Å². The Labute approximate surface area is 121 Å². The van der Waals surface area contributed by atoms with E-state index in [1.165, 1.54) is 0 Å². The number of anilines is 1. The van der Waals surface area contributed by atoms with Gasteiger partial charge in [0.1, 0.15) is 11.3 Å². The summed E-state index contributed by atoms with van der Waals surface area (Å²) in [6.45, 7) is 0.641. The monoisotopic (exact) mass is 283 g/mol. The Morgan fingerprint density at radius 1 is 1.14 bits per heavy atom. The third-order valence-corrected chi connectivity index (χ3v) is 3.20. The summed E-state index contributed by atoms with van der Waals surface area (Å²) in [7, 11) is -1.81. The van der Waals surface area contributed by atoms with Gasteiger partial charge in [-0.1, -0.05) is 18.2 Å². The number of imidazole rings is 1. The zero-order chi connectivity index (χ0) is 14.8. The van der Waals surface area contributed by atoms with Gasteiger partial charge >= 0.3 is 7.32 Å². The van der Waals surface area contributed by atoms with Crippen LogP contribution in [0.2, 0.25) is 0 Å². The van der Waals surface area contributed by atoms with E-state index in [1.54, 1.807) is 18.5 Å². The van der Waals surface area contributed by atoms with Crippen LogP contribution < -0.4 is 10.4 Å². The Bertz CT molecular complexity index is 756. The molecule has 0 aliphatic carbocycles. The largest absolute Gasteiger partial charge is 0.707 e. The van der Waals surface area contributed by atoms with E-state index < -0.39 is 7.32 Å². The molecule has 1 aromatic heterocycles. The zero-order valence-electron chi connectivity index (χ0n) is 11.2. The summed E-state index contributed by atoms with van der Waals surface area (Å²) in [5.74, 6) is 0.397. The van der Waals surface area contributed by atoms with Crippen molar-refractivity contribution < 1.29 is 14.7 Å². The molecule has 0 amide bonds. The van der Waals surface area contributed by atoms with Crippen LogP contribution in [0.25, 0.3) is 11.0 Å². The summed E-state index contributed by atoms with van der Waals surface area (Å²) in [4.78, 5) is 4.32. The predicted molar refractivity (Wildman–Crippen MR) is 80.5 cm³/mol. The van der Waals surface area contributed by atoms with Crippen molar-refractivity contribution in [3.63, 3.8) is 0 Å². The van der Waals surface area contributed by atoms with E-state index in [0.29, 0.717) is 18.0 Å². The normalized spacial score (nSPS) is 10.8. The minimum Gasteiger partial charge on any atom is -0.512 e. The Morgan fingerprint density at radius 3 is 2.62 bits per heavy atom. The molecular formula is C14H14BN3O3. The van der Waals surface area contributed by atoms with Crippen molar-refractivity contribution in [1.29, 1.82) is 0 Å². The number of hydrogen-bond donors (Lipinski definition) is 3. The average Bonchev–Trinajstić information content (AvgIpc) is 2.85. The quantitative estimate of drug-likeness (QED) is 0.491. The number of benzene rings is 2. The van der Waals surface area contributed by atoms with Crippen LogP contribution in [0.3, 0.4) is 0 Å². The highest BCUT2D eigenvalue weighted by molar-refractivity contribution is 6.33. The van der Waals surface area contributed by atoms with Crippen LogP contribution in [0.1, 0.15) is 5.56 Å². The first-order valence-electron chi connectivity index (χ1n) is 6.44. The molecule has 4 N–H and O–H groups in total. The van der Waals surface area contributed by atoms with Crippen LogP contribution in [0, 0.1) is 0 Å². The lowest BCUT2D eigenvalue weighted by atomic mass is 10.2. The number of para-hydroxylation sites is 1. The molecule has 7 heteroatoms. The molecule has 0 radical (unpaired) electrons. The predicted octanol–water partition coefficient (Wildman–Crippen LogP) is 1.02. The first kappa shape index (κ1) is 13.5. The van der Waals surface area contributed by atoms with Gasteiger partial charge in [0.15, 0.2) is 0 Å². The fraction of sp³-hybridized carbons (Fsp3) is 0.0714. The van der Waals surface area contributed by atoms with Crippen LogP contribution >= 0.6 is 0 Å². The van der Waals surface area contributed by atoms with E-state index in [-0.39, 0.29) is 0 Å². The fourth-order valence-electron chi connectivity index (χ4n) is 2.23. The van der Waals surface area contributed by atoms with Crippen molar-refractivity contribution in [2.45, 2.75) is 6.54 Å². The van der Waals surface area contributed by atoms with Crippen LogP contribution in [0.4, 0.5) is 5.69 Å². The number of hydrogen-bond acceptors (Lipinski definition) is 5. The Kier molecular flexibility index (Phi) is 3.51. The highest BCUT2D eigenvalue weighted by Gasteiger charge is 2.11. The van der Waals surface area contributed by atoms with Gasteiger partial charge < -0.3 is 25.0 Å². The number of nitrogens with zero attached hydrogens (tertiary/aromatic N) is 2. The minimum atomic E-state index is -1.81. The molecular weight excluding hydrogens is 269 g/mol. The molecule has 0 fully saturated rings. The molecule has 0 aliphatic heterocycles. The fourth-order valence-corrected chi connectivity index (χ4v) is 2.23. The number of rotatable bonds is 4. The van der Waals surface area contributed by atoms with Crippen molar-refractivity contribution in [3.8, 4) is 5.75 Å². The van der Waals surface area contributed by atoms with E-state index in [1.807, 2.05) is 34.9 Å². The van der Waals surface area contributed by atoms with E-state index in [9.17, 15) is 0 Å². The molecule has 0 atom stereocenters. The molecule has 2 aromatic carbocycles. The minimum absolute atomic E-state index is 0.397. The SMILES string of the molecule is Nc1cccc2c1ncn2Cc1ccc(OB(O)O)cc1. The van der Waals surface area contributed by atoms with Gasteiger partial charge in [-0.15, -0.1) is 0 Å². The third kappa shape index (κ3) is 2.83. The number of aromatic nitrogens is 2. The van der Waals surface area contributed by atoms with Gasteiger partial charge in [0.2, 0.25) is 0 Å². The van der Waals surface area contributed by atoms with Crippen molar-refractivity contribution in [2.75, 3.05) is 5.73 Å². The van der Waals surface area contributed by atoms with E-state index in [0.717, 1.165) is 16.6 Å². The van der Waals surface area contributed by atoms with Gasteiger partial charge in [0.25, 0.3) is 0 Å². The van der Waals surface area contributed by atoms with Crippen LogP contribution in [0.15, 0.2) is 48.8 Å². The molecule has 3 rings (SSSR count). The molecule has 106 valence electrons. The molecule has 0 aliphatic rings. The van der Waals surface area contributed by atoms with Crippen molar-refractivity contribution >= 4 is 24.0 Å². The number of nitrogens with two attached hydrogens (primary N) is 1. The smallest absolute Gasteiger partial charge is 0.512 e. The van der Waals surface area contributed by atoms with Gasteiger partial charge in [-0.2, -0.15) is 0 Å². The van der Waals surface area contributed by atoms with Gasteiger partial charge in [-0.3, -0.25) is 0 Å². The maximum atomic E-state index is 8.74. The second-order valence-electron chi connectivity index (χ2n) is 4.68. The van der Waals surface area contributed by atoms with Gasteiger partial charge in [-0.25, -0.2) is 4.98 Å². The van der Waals surface area contributed by atoms with Gasteiger partial charge in [0, 0.05) is 6.54 Å². The lowest BCUT2D eigenvalue weighted by molar-refractivity contribution is 0.288. The molecule has 3 aromatic rings.